The molecule has 2 amide bonds. The van der Waals surface area contributed by atoms with E-state index in [-0.39, 0.29) is 24.4 Å². The van der Waals surface area contributed by atoms with E-state index < -0.39 is 0 Å². The minimum Gasteiger partial charge on any atom is -0.493 e. The molecule has 0 aliphatic carbocycles. The van der Waals surface area contributed by atoms with Gasteiger partial charge in [0, 0.05) is 10.9 Å². The summed E-state index contributed by atoms with van der Waals surface area (Å²) in [5, 5.41) is 4.95. The number of carbonyl (C=O) groups excluding carboxylic acids is 2. The van der Waals surface area contributed by atoms with Gasteiger partial charge in [0.2, 0.25) is 5.91 Å². The lowest BCUT2D eigenvalue weighted by atomic mass is 10.0. The first-order chi connectivity index (χ1) is 14.6. The van der Waals surface area contributed by atoms with Gasteiger partial charge in [-0.15, -0.1) is 0 Å². The van der Waals surface area contributed by atoms with Gasteiger partial charge in [-0.1, -0.05) is 37.3 Å². The minimum atomic E-state index is -0.213. The van der Waals surface area contributed by atoms with Gasteiger partial charge in [0.1, 0.15) is 6.54 Å². The van der Waals surface area contributed by atoms with Crippen LogP contribution in [0.1, 0.15) is 35.3 Å². The Kier molecular flexibility index (Phi) is 5.31. The Labute approximate surface area is 175 Å². The van der Waals surface area contributed by atoms with E-state index in [0.29, 0.717) is 23.5 Å². The zero-order valence-corrected chi connectivity index (χ0v) is 17.3. The van der Waals surface area contributed by atoms with Gasteiger partial charge in [-0.05, 0) is 41.6 Å². The molecule has 1 atom stereocenters. The van der Waals surface area contributed by atoms with E-state index >= 15 is 0 Å². The standard InChI is InChI=1S/C24H24N2O4/c1-4-18(16-11-12-20(29-2)21(13-16)30-3)25-22(27)14-26-19-10-6-8-15-7-5-9-17(23(15)19)24(26)28/h5-13,18H,4,14H2,1-3H3,(H,25,27)/t18-/m1/s1. The van der Waals surface area contributed by atoms with Crippen molar-refractivity contribution in [2.24, 2.45) is 0 Å². The van der Waals surface area contributed by atoms with Gasteiger partial charge in [-0.25, -0.2) is 0 Å². The van der Waals surface area contributed by atoms with Crippen molar-refractivity contribution in [3.05, 3.63) is 65.7 Å². The molecule has 3 aromatic rings. The maximum atomic E-state index is 12.9. The number of nitrogens with zero attached hydrogens (tertiary/aromatic N) is 1. The van der Waals surface area contributed by atoms with Gasteiger partial charge in [-0.2, -0.15) is 0 Å². The van der Waals surface area contributed by atoms with E-state index in [0.717, 1.165) is 22.0 Å². The van der Waals surface area contributed by atoms with Crippen molar-refractivity contribution in [2.45, 2.75) is 19.4 Å². The van der Waals surface area contributed by atoms with Gasteiger partial charge < -0.3 is 14.8 Å². The number of amides is 2. The Hall–Kier alpha value is -3.54. The molecule has 1 N–H and O–H groups in total. The molecule has 154 valence electrons. The van der Waals surface area contributed by atoms with E-state index in [1.165, 1.54) is 0 Å². The number of nitrogens with one attached hydrogen (secondary N) is 1. The number of carbonyl (C=O) groups is 2. The van der Waals surface area contributed by atoms with Crippen LogP contribution in [-0.2, 0) is 4.79 Å². The summed E-state index contributed by atoms with van der Waals surface area (Å²) in [6.45, 7) is 1.97. The van der Waals surface area contributed by atoms with Crippen molar-refractivity contribution < 1.29 is 19.1 Å². The quantitative estimate of drug-likeness (QED) is 0.644. The Balaban J connectivity index is 1.54. The summed E-state index contributed by atoms with van der Waals surface area (Å²) in [5.41, 5.74) is 2.34. The lowest BCUT2D eigenvalue weighted by Gasteiger charge is -2.22. The summed E-state index contributed by atoms with van der Waals surface area (Å²) in [7, 11) is 3.17. The van der Waals surface area contributed by atoms with Crippen molar-refractivity contribution >= 4 is 28.3 Å². The molecule has 0 spiro atoms. The highest BCUT2D eigenvalue weighted by molar-refractivity contribution is 6.26. The maximum absolute atomic E-state index is 12.9. The fourth-order valence-corrected chi connectivity index (χ4v) is 4.01. The van der Waals surface area contributed by atoms with Crippen LogP contribution in [0.5, 0.6) is 11.5 Å². The molecule has 1 heterocycles. The summed E-state index contributed by atoms with van der Waals surface area (Å²) >= 11 is 0. The zero-order chi connectivity index (χ0) is 21.3. The molecule has 3 aromatic carbocycles. The van der Waals surface area contributed by atoms with Crippen LogP contribution in [0.25, 0.3) is 10.8 Å². The van der Waals surface area contributed by atoms with Crippen molar-refractivity contribution in [3.8, 4) is 11.5 Å². The average molecular weight is 404 g/mol. The Morgan fingerprint density at radius 1 is 1.03 bits per heavy atom. The van der Waals surface area contributed by atoms with Crippen molar-refractivity contribution in [3.63, 3.8) is 0 Å². The van der Waals surface area contributed by atoms with E-state index in [1.807, 2.05) is 61.5 Å². The predicted octanol–water partition coefficient (Wildman–Crippen LogP) is 4.08. The van der Waals surface area contributed by atoms with Crippen LogP contribution >= 0.6 is 0 Å². The normalized spacial score (nSPS) is 13.4. The van der Waals surface area contributed by atoms with Gasteiger partial charge in [0.25, 0.3) is 5.91 Å². The third-order valence-electron chi connectivity index (χ3n) is 5.50. The number of hydrogen-bond donors (Lipinski definition) is 1. The number of ether oxygens (including phenoxy) is 2. The molecule has 0 bridgehead atoms. The number of rotatable bonds is 7. The van der Waals surface area contributed by atoms with Crippen molar-refractivity contribution in [1.82, 2.24) is 5.32 Å². The number of hydrogen-bond acceptors (Lipinski definition) is 4. The van der Waals surface area contributed by atoms with Gasteiger partial charge in [-0.3, -0.25) is 14.5 Å². The molecule has 0 aromatic heterocycles. The molecule has 0 unspecified atom stereocenters. The lowest BCUT2D eigenvalue weighted by molar-refractivity contribution is -0.120. The fraction of sp³-hybridized carbons (Fsp3) is 0.250. The van der Waals surface area contributed by atoms with Crippen LogP contribution in [-0.4, -0.2) is 32.6 Å². The summed E-state index contributed by atoms with van der Waals surface area (Å²) in [6, 6.07) is 16.8. The molecule has 0 saturated heterocycles. The van der Waals surface area contributed by atoms with Gasteiger partial charge in [0.05, 0.1) is 25.9 Å². The third kappa shape index (κ3) is 3.34. The molecule has 30 heavy (non-hydrogen) atoms. The molecule has 0 radical (unpaired) electrons. The smallest absolute Gasteiger partial charge is 0.259 e. The van der Waals surface area contributed by atoms with Gasteiger partial charge in [0.15, 0.2) is 11.5 Å². The molecule has 6 heteroatoms. The lowest BCUT2D eigenvalue weighted by Crippen LogP contribution is -2.40. The highest BCUT2D eigenvalue weighted by Gasteiger charge is 2.31. The molecule has 1 aliphatic heterocycles. The maximum Gasteiger partial charge on any atom is 0.259 e. The third-order valence-corrected chi connectivity index (χ3v) is 5.50. The van der Waals surface area contributed by atoms with E-state index in [2.05, 4.69) is 5.32 Å². The average Bonchev–Trinajstić information content (AvgIpc) is 3.05. The Morgan fingerprint density at radius 2 is 1.77 bits per heavy atom. The van der Waals surface area contributed by atoms with Crippen molar-refractivity contribution in [1.29, 1.82) is 0 Å². The number of benzene rings is 3. The van der Waals surface area contributed by atoms with Gasteiger partial charge >= 0.3 is 0 Å². The topological polar surface area (TPSA) is 67.9 Å². The van der Waals surface area contributed by atoms with Crippen LogP contribution in [0.3, 0.4) is 0 Å². The van der Waals surface area contributed by atoms with Crippen molar-refractivity contribution in [2.75, 3.05) is 25.7 Å². The van der Waals surface area contributed by atoms with E-state index in [9.17, 15) is 9.59 Å². The van der Waals surface area contributed by atoms with E-state index in [1.54, 1.807) is 19.1 Å². The van der Waals surface area contributed by atoms with Crippen LogP contribution < -0.4 is 19.7 Å². The summed E-state index contributed by atoms with van der Waals surface area (Å²) in [5.74, 6) is 0.890. The predicted molar refractivity (Wildman–Crippen MR) is 116 cm³/mol. The summed E-state index contributed by atoms with van der Waals surface area (Å²) < 4.78 is 10.7. The van der Waals surface area contributed by atoms with Crippen LogP contribution in [0, 0.1) is 0 Å². The largest absolute Gasteiger partial charge is 0.493 e. The fourth-order valence-electron chi connectivity index (χ4n) is 4.01. The second-order valence-corrected chi connectivity index (χ2v) is 7.21. The monoisotopic (exact) mass is 404 g/mol. The molecular formula is C24H24N2O4. The zero-order valence-electron chi connectivity index (χ0n) is 17.3. The minimum absolute atomic E-state index is 0.0313. The first kappa shape index (κ1) is 19.8. The molecule has 1 aliphatic rings. The summed E-state index contributed by atoms with van der Waals surface area (Å²) in [4.78, 5) is 27.3. The second kappa shape index (κ2) is 8.06. The summed E-state index contributed by atoms with van der Waals surface area (Å²) in [6.07, 6.45) is 0.699. The van der Waals surface area contributed by atoms with Crippen LogP contribution in [0.2, 0.25) is 0 Å². The molecule has 0 saturated carbocycles. The highest BCUT2D eigenvalue weighted by Crippen LogP contribution is 2.37. The Bertz CT molecular complexity index is 1120. The molecule has 6 nitrogen and oxygen atoms in total. The second-order valence-electron chi connectivity index (χ2n) is 7.21. The van der Waals surface area contributed by atoms with E-state index in [4.69, 9.17) is 9.47 Å². The number of methoxy groups -OCH3 is 2. The molecular weight excluding hydrogens is 380 g/mol. The molecule has 0 fully saturated rings. The first-order valence-electron chi connectivity index (χ1n) is 9.92. The van der Waals surface area contributed by atoms with Crippen LogP contribution in [0.15, 0.2) is 54.6 Å². The SMILES string of the molecule is CC[C@@H](NC(=O)CN1C(=O)c2cccc3cccc1c23)c1ccc(OC)c(OC)c1. The number of anilines is 1. The highest BCUT2D eigenvalue weighted by atomic mass is 16.5. The molecule has 4 rings (SSSR count). The first-order valence-corrected chi connectivity index (χ1v) is 9.92. The van der Waals surface area contributed by atoms with Crippen LogP contribution in [0.4, 0.5) is 5.69 Å². The Morgan fingerprint density at radius 3 is 2.47 bits per heavy atom.